The molecule has 1 heterocycles. The maximum atomic E-state index is 12.8. The average Bonchev–Trinajstić information content (AvgIpc) is 3.19. The first kappa shape index (κ1) is 14.0. The highest BCUT2D eigenvalue weighted by molar-refractivity contribution is 7.85. The molecular formula is C17H22O2S. The van der Waals surface area contributed by atoms with Crippen molar-refractivity contribution in [1.29, 1.82) is 0 Å². The summed E-state index contributed by atoms with van der Waals surface area (Å²) in [5.74, 6) is 0. The monoisotopic (exact) mass is 290 g/mol. The Kier molecular flexibility index (Phi) is 3.83. The second-order valence-corrected chi connectivity index (χ2v) is 7.55. The third-order valence-electron chi connectivity index (χ3n) is 4.68. The summed E-state index contributed by atoms with van der Waals surface area (Å²) < 4.78 is 18.7. The molecule has 0 spiro atoms. The molecule has 0 amide bonds. The number of benzene rings is 1. The van der Waals surface area contributed by atoms with Crippen LogP contribution in [0.25, 0.3) is 0 Å². The standard InChI is InChI=1S/C17H22O2S/c1-3-17-13(2)12-15(10-7-11-16(17)19-17)20(18)14-8-5-4-6-9-14/h4-6,8-9,15-16H,2-3,7,10-12H2,1H3/t15-,16-,17+,20?/m0/s1. The minimum atomic E-state index is -0.942. The van der Waals surface area contributed by atoms with Crippen LogP contribution in [0.3, 0.4) is 0 Å². The van der Waals surface area contributed by atoms with Crippen molar-refractivity contribution in [3.63, 3.8) is 0 Å². The summed E-state index contributed by atoms with van der Waals surface area (Å²) in [6.07, 6.45) is 5.36. The first-order valence-electron chi connectivity index (χ1n) is 7.49. The molecule has 2 aliphatic rings. The Morgan fingerprint density at radius 2 is 2.10 bits per heavy atom. The number of ether oxygens (including phenoxy) is 1. The molecule has 0 bridgehead atoms. The summed E-state index contributed by atoms with van der Waals surface area (Å²) in [6, 6.07) is 9.80. The first-order valence-corrected chi connectivity index (χ1v) is 8.70. The van der Waals surface area contributed by atoms with Crippen LogP contribution in [0.5, 0.6) is 0 Å². The van der Waals surface area contributed by atoms with E-state index < -0.39 is 10.8 Å². The molecule has 1 aliphatic heterocycles. The predicted molar refractivity (Wildman–Crippen MR) is 82.1 cm³/mol. The summed E-state index contributed by atoms with van der Waals surface area (Å²) in [6.45, 7) is 6.41. The lowest BCUT2D eigenvalue weighted by Gasteiger charge is -2.23. The Morgan fingerprint density at radius 1 is 1.35 bits per heavy atom. The van der Waals surface area contributed by atoms with Gasteiger partial charge in [-0.15, -0.1) is 0 Å². The molecule has 0 radical (unpaired) electrons. The van der Waals surface area contributed by atoms with Crippen LogP contribution in [0.2, 0.25) is 0 Å². The molecule has 1 aliphatic carbocycles. The van der Waals surface area contributed by atoms with Gasteiger partial charge in [0.2, 0.25) is 0 Å². The number of fused-ring (bicyclic) bond motifs is 1. The van der Waals surface area contributed by atoms with Crippen molar-refractivity contribution >= 4 is 10.8 Å². The van der Waals surface area contributed by atoms with E-state index in [0.717, 1.165) is 42.6 Å². The van der Waals surface area contributed by atoms with Crippen LogP contribution in [0.15, 0.2) is 47.4 Å². The van der Waals surface area contributed by atoms with Gasteiger partial charge in [0.15, 0.2) is 0 Å². The second-order valence-electron chi connectivity index (χ2n) is 5.82. The van der Waals surface area contributed by atoms with Gasteiger partial charge in [-0.1, -0.05) is 31.7 Å². The molecule has 1 unspecified atom stereocenters. The number of rotatable bonds is 3. The van der Waals surface area contributed by atoms with Gasteiger partial charge in [-0.25, -0.2) is 0 Å². The van der Waals surface area contributed by atoms with Crippen LogP contribution in [0.4, 0.5) is 0 Å². The van der Waals surface area contributed by atoms with Gasteiger partial charge in [-0.3, -0.25) is 4.21 Å². The summed E-state index contributed by atoms with van der Waals surface area (Å²) in [5.41, 5.74) is 1.05. The molecular weight excluding hydrogens is 268 g/mol. The maximum absolute atomic E-state index is 12.8. The first-order chi connectivity index (χ1) is 9.67. The van der Waals surface area contributed by atoms with Crippen LogP contribution in [-0.4, -0.2) is 21.2 Å². The molecule has 108 valence electrons. The summed E-state index contributed by atoms with van der Waals surface area (Å²) >= 11 is 0. The normalized spacial score (nSPS) is 34.8. The predicted octanol–water partition coefficient (Wildman–Crippen LogP) is 3.84. The lowest BCUT2D eigenvalue weighted by Crippen LogP contribution is -2.26. The highest BCUT2D eigenvalue weighted by Gasteiger charge is 2.57. The molecule has 2 nitrogen and oxygen atoms in total. The summed E-state index contributed by atoms with van der Waals surface area (Å²) in [5, 5.41) is 0.179. The maximum Gasteiger partial charge on any atom is 0.115 e. The highest BCUT2D eigenvalue weighted by Crippen LogP contribution is 2.51. The molecule has 3 rings (SSSR count). The van der Waals surface area contributed by atoms with E-state index in [1.165, 1.54) is 0 Å². The van der Waals surface area contributed by atoms with E-state index in [2.05, 4.69) is 13.5 Å². The topological polar surface area (TPSA) is 29.6 Å². The van der Waals surface area contributed by atoms with Gasteiger partial charge in [0.1, 0.15) is 5.60 Å². The largest absolute Gasteiger partial charge is 0.361 e. The van der Waals surface area contributed by atoms with Crippen molar-refractivity contribution in [2.24, 2.45) is 0 Å². The zero-order valence-electron chi connectivity index (χ0n) is 12.0. The van der Waals surface area contributed by atoms with E-state index in [9.17, 15) is 4.21 Å². The molecule has 1 saturated carbocycles. The van der Waals surface area contributed by atoms with E-state index in [1.807, 2.05) is 30.3 Å². The Hall–Kier alpha value is -0.930. The molecule has 0 N–H and O–H groups in total. The van der Waals surface area contributed by atoms with Crippen molar-refractivity contribution in [2.75, 3.05) is 0 Å². The molecule has 1 aromatic rings. The van der Waals surface area contributed by atoms with Gasteiger partial charge in [-0.2, -0.15) is 0 Å². The van der Waals surface area contributed by atoms with Gasteiger partial charge in [0, 0.05) is 10.1 Å². The quantitative estimate of drug-likeness (QED) is 0.625. The molecule has 1 saturated heterocycles. The highest BCUT2D eigenvalue weighted by atomic mass is 32.2. The summed E-state index contributed by atoms with van der Waals surface area (Å²) in [7, 11) is -0.942. The van der Waals surface area contributed by atoms with Crippen molar-refractivity contribution in [2.45, 2.75) is 60.9 Å². The van der Waals surface area contributed by atoms with Crippen LogP contribution < -0.4 is 0 Å². The van der Waals surface area contributed by atoms with E-state index in [1.54, 1.807) is 0 Å². The number of hydrogen-bond acceptors (Lipinski definition) is 2. The third kappa shape index (κ3) is 2.38. The van der Waals surface area contributed by atoms with Crippen molar-refractivity contribution in [1.82, 2.24) is 0 Å². The Bertz CT molecular complexity index is 525. The van der Waals surface area contributed by atoms with Crippen LogP contribution >= 0.6 is 0 Å². The molecule has 0 aromatic heterocycles. The lowest BCUT2D eigenvalue weighted by atomic mass is 9.85. The molecule has 2 fully saturated rings. The zero-order chi connectivity index (χ0) is 14.2. The Morgan fingerprint density at radius 3 is 2.80 bits per heavy atom. The van der Waals surface area contributed by atoms with Crippen molar-refractivity contribution in [3.8, 4) is 0 Å². The fourth-order valence-corrected chi connectivity index (χ4v) is 4.94. The smallest absolute Gasteiger partial charge is 0.115 e. The molecule has 20 heavy (non-hydrogen) atoms. The number of epoxide rings is 1. The van der Waals surface area contributed by atoms with Crippen molar-refractivity contribution in [3.05, 3.63) is 42.5 Å². The minimum absolute atomic E-state index is 0.0977. The van der Waals surface area contributed by atoms with Gasteiger partial charge < -0.3 is 4.74 Å². The van der Waals surface area contributed by atoms with Crippen LogP contribution in [0, 0.1) is 0 Å². The Balaban J connectivity index is 1.77. The lowest BCUT2D eigenvalue weighted by molar-refractivity contribution is 0.310. The van der Waals surface area contributed by atoms with E-state index >= 15 is 0 Å². The Labute approximate surface area is 123 Å². The van der Waals surface area contributed by atoms with Gasteiger partial charge in [-0.05, 0) is 49.8 Å². The fourth-order valence-electron chi connectivity index (χ4n) is 3.39. The van der Waals surface area contributed by atoms with E-state index in [0.29, 0.717) is 6.10 Å². The van der Waals surface area contributed by atoms with Crippen LogP contribution in [0.1, 0.15) is 39.0 Å². The molecule has 4 atom stereocenters. The summed E-state index contributed by atoms with van der Waals surface area (Å²) in [4.78, 5) is 0.935. The van der Waals surface area contributed by atoms with Gasteiger partial charge >= 0.3 is 0 Å². The zero-order valence-corrected chi connectivity index (χ0v) is 12.8. The van der Waals surface area contributed by atoms with Gasteiger partial charge in [0.05, 0.1) is 16.9 Å². The van der Waals surface area contributed by atoms with Gasteiger partial charge in [0.25, 0.3) is 0 Å². The average molecular weight is 290 g/mol. The van der Waals surface area contributed by atoms with Crippen LogP contribution in [-0.2, 0) is 15.5 Å². The fraction of sp³-hybridized carbons (Fsp3) is 0.529. The third-order valence-corrected chi connectivity index (χ3v) is 6.43. The van der Waals surface area contributed by atoms with E-state index in [4.69, 9.17) is 4.74 Å². The minimum Gasteiger partial charge on any atom is -0.361 e. The SMILES string of the molecule is C=C1C[C@@H](S(=O)c2ccccc2)CCC[C@@H]2O[C@]12CC. The molecule has 3 heteroatoms. The number of hydrogen-bond donors (Lipinski definition) is 0. The molecule has 1 aromatic carbocycles. The van der Waals surface area contributed by atoms with E-state index in [-0.39, 0.29) is 10.9 Å². The van der Waals surface area contributed by atoms with Crippen molar-refractivity contribution < 1.29 is 8.95 Å². The second kappa shape index (κ2) is 5.45.